The highest BCUT2D eigenvalue weighted by molar-refractivity contribution is 8.00. The lowest BCUT2D eigenvalue weighted by Gasteiger charge is -2.15. The van der Waals surface area contributed by atoms with E-state index in [1.165, 1.54) is 16.4 Å². The zero-order chi connectivity index (χ0) is 23.5. The molecule has 2 aromatic carbocycles. The van der Waals surface area contributed by atoms with Crippen LogP contribution in [0.4, 0.5) is 5.69 Å². The van der Waals surface area contributed by atoms with E-state index in [0.29, 0.717) is 34.1 Å². The number of aromatic nitrogens is 3. The minimum Gasteiger partial charge on any atom is -0.485 e. The number of nitrogens with two attached hydrogens (primary N) is 1. The predicted molar refractivity (Wildman–Crippen MR) is 126 cm³/mol. The second-order valence-corrected chi connectivity index (χ2v) is 9.38. The molecular weight excluding hydrogens is 442 g/mol. The first-order valence-corrected chi connectivity index (χ1v) is 11.5. The number of fused-ring (bicyclic) bond motifs is 1. The van der Waals surface area contributed by atoms with E-state index in [-0.39, 0.29) is 19.3 Å². The topological polar surface area (TPSA) is 114 Å². The van der Waals surface area contributed by atoms with Crippen LogP contribution in [0, 0.1) is 6.92 Å². The number of amides is 1. The van der Waals surface area contributed by atoms with E-state index in [1.807, 2.05) is 13.0 Å². The van der Waals surface area contributed by atoms with Crippen LogP contribution in [-0.4, -0.2) is 32.8 Å². The third-order valence-corrected chi connectivity index (χ3v) is 6.23. The molecule has 4 rings (SSSR count). The van der Waals surface area contributed by atoms with Crippen LogP contribution < -0.4 is 25.4 Å². The van der Waals surface area contributed by atoms with Crippen molar-refractivity contribution in [1.82, 2.24) is 14.9 Å². The fourth-order valence-corrected chi connectivity index (χ4v) is 4.09. The average molecular weight is 470 g/mol. The van der Waals surface area contributed by atoms with Crippen molar-refractivity contribution in [2.24, 2.45) is 0 Å². The zero-order valence-corrected chi connectivity index (χ0v) is 19.8. The highest BCUT2D eigenvalue weighted by Crippen LogP contribution is 2.34. The van der Waals surface area contributed by atoms with Crippen LogP contribution in [0.5, 0.6) is 17.2 Å². The average Bonchev–Trinajstić information content (AvgIpc) is 3.38. The van der Waals surface area contributed by atoms with Gasteiger partial charge in [-0.05, 0) is 49.1 Å². The molecule has 1 aliphatic rings. The minimum absolute atomic E-state index is 0.172. The van der Waals surface area contributed by atoms with Gasteiger partial charge in [0.25, 0.3) is 0 Å². The third kappa shape index (κ3) is 5.16. The molecule has 0 unspecified atom stereocenters. The quantitative estimate of drug-likeness (QED) is 0.378. The van der Waals surface area contributed by atoms with Gasteiger partial charge in [-0.1, -0.05) is 37.7 Å². The summed E-state index contributed by atoms with van der Waals surface area (Å²) in [5.41, 5.74) is 2.85. The Balaban J connectivity index is 1.37. The monoisotopic (exact) mass is 469 g/mol. The van der Waals surface area contributed by atoms with E-state index in [0.717, 1.165) is 16.9 Å². The first-order valence-electron chi connectivity index (χ1n) is 10.6. The summed E-state index contributed by atoms with van der Waals surface area (Å²) in [5, 5.41) is 11.1. The molecule has 2 heterocycles. The van der Waals surface area contributed by atoms with Gasteiger partial charge in [-0.3, -0.25) is 4.79 Å². The molecule has 0 bridgehead atoms. The van der Waals surface area contributed by atoms with Crippen LogP contribution in [0.2, 0.25) is 0 Å². The summed E-state index contributed by atoms with van der Waals surface area (Å²) in [4.78, 5) is 12.7. The summed E-state index contributed by atoms with van der Waals surface area (Å²) in [5.74, 6) is 8.86. The van der Waals surface area contributed by atoms with Gasteiger partial charge in [-0.25, -0.2) is 4.68 Å². The Bertz CT molecular complexity index is 1160. The maximum Gasteiger partial charge on any atom is 0.237 e. The van der Waals surface area contributed by atoms with Crippen molar-refractivity contribution in [2.75, 3.05) is 18.0 Å². The summed E-state index contributed by atoms with van der Waals surface area (Å²) in [7, 11) is 0. The Morgan fingerprint density at radius 3 is 2.76 bits per heavy atom. The molecule has 0 spiro atoms. The Hall–Kier alpha value is -3.40. The number of ether oxygens (including phenoxy) is 3. The van der Waals surface area contributed by atoms with Crippen molar-refractivity contribution in [3.63, 3.8) is 0 Å². The van der Waals surface area contributed by atoms with Crippen molar-refractivity contribution in [3.8, 4) is 17.2 Å². The highest BCUT2D eigenvalue weighted by atomic mass is 32.2. The standard InChI is InChI=1S/C23H27N5O4S/c1-13(2)17-7-5-14(3)9-19(17)30-11-21-26-27-23(28(21)24)33-15(4)22(29)25-16-6-8-18-20(10-16)32-12-31-18/h5-10,13,15H,11-12,24H2,1-4H3,(H,25,29)/t15-/m1/s1. The van der Waals surface area contributed by atoms with Crippen molar-refractivity contribution in [3.05, 3.63) is 53.3 Å². The molecule has 3 aromatic rings. The van der Waals surface area contributed by atoms with Crippen LogP contribution in [0.25, 0.3) is 0 Å². The largest absolute Gasteiger partial charge is 0.485 e. The van der Waals surface area contributed by atoms with Gasteiger partial charge in [0, 0.05) is 11.8 Å². The zero-order valence-electron chi connectivity index (χ0n) is 19.0. The molecule has 0 saturated carbocycles. The van der Waals surface area contributed by atoms with Gasteiger partial charge < -0.3 is 25.4 Å². The smallest absolute Gasteiger partial charge is 0.237 e. The number of nitrogen functional groups attached to an aromatic ring is 1. The summed E-state index contributed by atoms with van der Waals surface area (Å²) >= 11 is 1.22. The van der Waals surface area contributed by atoms with E-state index < -0.39 is 5.25 Å². The molecule has 0 aliphatic carbocycles. The van der Waals surface area contributed by atoms with Gasteiger partial charge in [0.05, 0.1) is 5.25 Å². The second kappa shape index (κ2) is 9.62. The van der Waals surface area contributed by atoms with Crippen molar-refractivity contribution in [1.29, 1.82) is 0 Å². The second-order valence-electron chi connectivity index (χ2n) is 8.07. The van der Waals surface area contributed by atoms with Gasteiger partial charge in [-0.2, -0.15) is 0 Å². The fourth-order valence-electron chi connectivity index (χ4n) is 3.30. The number of hydrogen-bond acceptors (Lipinski definition) is 8. The molecule has 0 radical (unpaired) electrons. The molecule has 174 valence electrons. The molecule has 3 N–H and O–H groups in total. The van der Waals surface area contributed by atoms with Crippen LogP contribution in [0.3, 0.4) is 0 Å². The van der Waals surface area contributed by atoms with Crippen molar-refractivity contribution in [2.45, 2.75) is 50.6 Å². The lowest BCUT2D eigenvalue weighted by molar-refractivity contribution is -0.115. The summed E-state index contributed by atoms with van der Waals surface area (Å²) < 4.78 is 18.0. The van der Waals surface area contributed by atoms with E-state index in [9.17, 15) is 4.79 Å². The fraction of sp³-hybridized carbons (Fsp3) is 0.348. The van der Waals surface area contributed by atoms with Gasteiger partial charge in [-0.15, -0.1) is 10.2 Å². The number of rotatable bonds is 8. The van der Waals surface area contributed by atoms with E-state index in [4.69, 9.17) is 20.1 Å². The normalized spacial score (nSPS) is 13.2. The van der Waals surface area contributed by atoms with Gasteiger partial charge in [0.2, 0.25) is 17.9 Å². The maximum absolute atomic E-state index is 12.7. The molecule has 1 amide bonds. The molecule has 1 aromatic heterocycles. The summed E-state index contributed by atoms with van der Waals surface area (Å²) in [6.07, 6.45) is 0. The summed E-state index contributed by atoms with van der Waals surface area (Å²) in [6, 6.07) is 11.4. The molecule has 10 heteroatoms. The number of aryl methyl sites for hydroxylation is 1. The van der Waals surface area contributed by atoms with E-state index in [2.05, 4.69) is 41.5 Å². The maximum atomic E-state index is 12.7. The molecule has 0 saturated heterocycles. The van der Waals surface area contributed by atoms with Gasteiger partial charge in [0.1, 0.15) is 12.4 Å². The Morgan fingerprint density at radius 2 is 1.97 bits per heavy atom. The minimum atomic E-state index is -0.458. The number of benzene rings is 2. The first kappa shape index (κ1) is 22.8. The Kier molecular flexibility index (Phi) is 6.64. The number of nitrogens with one attached hydrogen (secondary N) is 1. The lowest BCUT2D eigenvalue weighted by atomic mass is 10.0. The summed E-state index contributed by atoms with van der Waals surface area (Å²) in [6.45, 7) is 8.39. The molecular formula is C23H27N5O4S. The number of carbonyl (C=O) groups excluding carboxylic acids is 1. The van der Waals surface area contributed by atoms with Gasteiger partial charge >= 0.3 is 0 Å². The number of anilines is 1. The number of nitrogens with zero attached hydrogens (tertiary/aromatic N) is 3. The Morgan fingerprint density at radius 1 is 1.18 bits per heavy atom. The van der Waals surface area contributed by atoms with Crippen LogP contribution in [0.1, 0.15) is 43.6 Å². The molecule has 9 nitrogen and oxygen atoms in total. The number of hydrogen-bond donors (Lipinski definition) is 2. The Labute approximate surface area is 196 Å². The van der Waals surface area contributed by atoms with Crippen LogP contribution in [0.15, 0.2) is 41.6 Å². The molecule has 1 atom stereocenters. The number of thioether (sulfide) groups is 1. The van der Waals surface area contributed by atoms with Crippen LogP contribution >= 0.6 is 11.8 Å². The van der Waals surface area contributed by atoms with E-state index in [1.54, 1.807) is 25.1 Å². The van der Waals surface area contributed by atoms with E-state index >= 15 is 0 Å². The highest BCUT2D eigenvalue weighted by Gasteiger charge is 2.21. The van der Waals surface area contributed by atoms with Crippen molar-refractivity contribution < 1.29 is 19.0 Å². The van der Waals surface area contributed by atoms with Crippen LogP contribution in [-0.2, 0) is 11.4 Å². The molecule has 1 aliphatic heterocycles. The predicted octanol–water partition coefficient (Wildman–Crippen LogP) is 3.85. The molecule has 0 fully saturated rings. The first-order chi connectivity index (χ1) is 15.8. The van der Waals surface area contributed by atoms with Gasteiger partial charge in [0.15, 0.2) is 17.3 Å². The van der Waals surface area contributed by atoms with Crippen molar-refractivity contribution >= 4 is 23.4 Å². The third-order valence-electron chi connectivity index (χ3n) is 5.17. The number of carbonyl (C=O) groups is 1. The SMILES string of the molecule is Cc1ccc(C(C)C)c(OCc2nnc(S[C@H](C)C(=O)Nc3ccc4c(c3)OCO4)n2N)c1. The lowest BCUT2D eigenvalue weighted by Crippen LogP contribution is -2.24. The molecule has 33 heavy (non-hydrogen) atoms.